The number of benzene rings is 2. The fourth-order valence-corrected chi connectivity index (χ4v) is 4.18. The van der Waals surface area contributed by atoms with Gasteiger partial charge < -0.3 is 0 Å². The molecule has 4 heteroatoms. The third-order valence-corrected chi connectivity index (χ3v) is 5.48. The minimum Gasteiger partial charge on any atom is -0.256 e. The molecule has 0 atom stereocenters. The average Bonchev–Trinajstić information content (AvgIpc) is 2.69. The van der Waals surface area contributed by atoms with Crippen LogP contribution in [0.3, 0.4) is 0 Å². The van der Waals surface area contributed by atoms with Gasteiger partial charge in [0.25, 0.3) is 0 Å². The van der Waals surface area contributed by atoms with Crippen LogP contribution < -0.4 is 0 Å². The lowest BCUT2D eigenvalue weighted by Crippen LogP contribution is -1.93. The van der Waals surface area contributed by atoms with Gasteiger partial charge in [0.1, 0.15) is 0 Å². The van der Waals surface area contributed by atoms with E-state index in [4.69, 9.17) is 0 Å². The van der Waals surface area contributed by atoms with E-state index in [2.05, 4.69) is 66.1 Å². The van der Waals surface area contributed by atoms with E-state index in [9.17, 15) is 0 Å². The molecule has 0 spiro atoms. The minimum atomic E-state index is 0.932. The summed E-state index contributed by atoms with van der Waals surface area (Å²) < 4.78 is 2.03. The van der Waals surface area contributed by atoms with Crippen molar-refractivity contribution in [1.29, 1.82) is 0 Å². The Labute approximate surface area is 169 Å². The van der Waals surface area contributed by atoms with Crippen LogP contribution in [0.5, 0.6) is 0 Å². The van der Waals surface area contributed by atoms with Gasteiger partial charge >= 0.3 is 0 Å². The molecule has 4 aromatic rings. The molecule has 126 valence electrons. The molecule has 0 aliphatic heterocycles. The standard InChI is InChI=1S/C22H14Br2N2/c23-17-9-5-7-15(21(17)19-11-1-3-13-25-19)16-8-6-10-18(24)22(16)20-12-2-4-14-26-20/h1-14H. The molecule has 2 aromatic heterocycles. The molecule has 2 nitrogen and oxygen atoms in total. The highest BCUT2D eigenvalue weighted by Crippen LogP contribution is 2.42. The van der Waals surface area contributed by atoms with E-state index in [0.29, 0.717) is 0 Å². The van der Waals surface area contributed by atoms with Gasteiger partial charge in [-0.25, -0.2) is 0 Å². The van der Waals surface area contributed by atoms with Crippen molar-refractivity contribution in [2.75, 3.05) is 0 Å². The Morgan fingerprint density at radius 3 is 1.35 bits per heavy atom. The van der Waals surface area contributed by atoms with Gasteiger partial charge in [-0.1, -0.05) is 68.3 Å². The molecular formula is C22H14Br2N2. The Morgan fingerprint density at radius 2 is 0.962 bits per heavy atom. The molecule has 2 aromatic carbocycles. The molecule has 0 fully saturated rings. The molecule has 26 heavy (non-hydrogen) atoms. The predicted molar refractivity (Wildman–Crippen MR) is 114 cm³/mol. The zero-order chi connectivity index (χ0) is 17.9. The van der Waals surface area contributed by atoms with Crippen LogP contribution >= 0.6 is 31.9 Å². The first-order valence-corrected chi connectivity index (χ1v) is 9.74. The lowest BCUT2D eigenvalue weighted by Gasteiger charge is -2.16. The van der Waals surface area contributed by atoms with Crippen molar-refractivity contribution >= 4 is 31.9 Å². The number of hydrogen-bond donors (Lipinski definition) is 0. The largest absolute Gasteiger partial charge is 0.256 e. The van der Waals surface area contributed by atoms with E-state index < -0.39 is 0 Å². The Kier molecular flexibility index (Phi) is 4.96. The summed E-state index contributed by atoms with van der Waals surface area (Å²) in [5.41, 5.74) is 6.23. The monoisotopic (exact) mass is 464 g/mol. The fourth-order valence-electron chi connectivity index (χ4n) is 3.04. The highest BCUT2D eigenvalue weighted by atomic mass is 79.9. The van der Waals surface area contributed by atoms with E-state index in [-0.39, 0.29) is 0 Å². The predicted octanol–water partition coefficient (Wildman–Crippen LogP) is 7.00. The Hall–Kier alpha value is -2.30. The number of nitrogens with zero attached hydrogens (tertiary/aromatic N) is 2. The average molecular weight is 466 g/mol. The second kappa shape index (κ2) is 7.52. The van der Waals surface area contributed by atoms with Crippen molar-refractivity contribution in [2.45, 2.75) is 0 Å². The van der Waals surface area contributed by atoms with Crippen LogP contribution in [0.15, 0.2) is 94.1 Å². The van der Waals surface area contributed by atoms with Crippen molar-refractivity contribution in [3.63, 3.8) is 0 Å². The SMILES string of the molecule is Brc1cccc(-c2cccc(Br)c2-c2ccccn2)c1-c1ccccn1. The molecule has 0 unspecified atom stereocenters. The van der Waals surface area contributed by atoms with Crippen molar-refractivity contribution in [1.82, 2.24) is 9.97 Å². The lowest BCUT2D eigenvalue weighted by atomic mass is 9.92. The van der Waals surface area contributed by atoms with Crippen molar-refractivity contribution in [3.05, 3.63) is 94.1 Å². The van der Waals surface area contributed by atoms with E-state index in [1.807, 2.05) is 60.9 Å². The van der Waals surface area contributed by atoms with E-state index in [0.717, 1.165) is 42.6 Å². The highest BCUT2D eigenvalue weighted by Gasteiger charge is 2.17. The van der Waals surface area contributed by atoms with Crippen LogP contribution in [0.2, 0.25) is 0 Å². The first-order valence-electron chi connectivity index (χ1n) is 8.16. The smallest absolute Gasteiger partial charge is 0.0719 e. The van der Waals surface area contributed by atoms with Gasteiger partial charge in [-0.3, -0.25) is 9.97 Å². The summed E-state index contributed by atoms with van der Waals surface area (Å²) >= 11 is 7.43. The second-order valence-electron chi connectivity index (χ2n) is 5.75. The quantitative estimate of drug-likeness (QED) is 0.325. The number of halogens is 2. The van der Waals surface area contributed by atoms with Gasteiger partial charge in [-0.05, 0) is 47.5 Å². The van der Waals surface area contributed by atoms with Crippen LogP contribution in [-0.4, -0.2) is 9.97 Å². The molecule has 2 heterocycles. The Morgan fingerprint density at radius 1 is 0.500 bits per heavy atom. The van der Waals surface area contributed by atoms with Crippen LogP contribution in [0.25, 0.3) is 33.6 Å². The zero-order valence-electron chi connectivity index (χ0n) is 13.7. The fraction of sp³-hybridized carbons (Fsp3) is 0. The van der Waals surface area contributed by atoms with Gasteiger partial charge in [0.15, 0.2) is 0 Å². The molecule has 0 aliphatic carbocycles. The first kappa shape index (κ1) is 17.1. The number of pyridine rings is 2. The molecule has 0 radical (unpaired) electrons. The summed E-state index contributed by atoms with van der Waals surface area (Å²) in [6, 6.07) is 24.4. The Bertz CT molecular complexity index is 961. The van der Waals surface area contributed by atoms with Crippen molar-refractivity contribution in [3.8, 4) is 33.6 Å². The first-order chi connectivity index (χ1) is 12.8. The molecular weight excluding hydrogens is 452 g/mol. The maximum atomic E-state index is 4.56. The summed E-state index contributed by atoms with van der Waals surface area (Å²) in [6.45, 7) is 0. The maximum Gasteiger partial charge on any atom is 0.0719 e. The van der Waals surface area contributed by atoms with Crippen molar-refractivity contribution < 1.29 is 0 Å². The molecule has 0 bridgehead atoms. The third-order valence-electron chi connectivity index (χ3n) is 4.16. The zero-order valence-corrected chi connectivity index (χ0v) is 16.9. The van der Waals surface area contributed by atoms with Gasteiger partial charge in [0, 0.05) is 32.5 Å². The lowest BCUT2D eigenvalue weighted by molar-refractivity contribution is 1.31. The Balaban J connectivity index is 2.02. The number of hydrogen-bond acceptors (Lipinski definition) is 2. The number of aromatic nitrogens is 2. The van der Waals surface area contributed by atoms with E-state index in [1.165, 1.54) is 0 Å². The molecule has 4 rings (SSSR count). The second-order valence-corrected chi connectivity index (χ2v) is 7.46. The van der Waals surface area contributed by atoms with Crippen LogP contribution in [-0.2, 0) is 0 Å². The molecule has 0 amide bonds. The van der Waals surface area contributed by atoms with Crippen LogP contribution in [0, 0.1) is 0 Å². The summed E-state index contributed by atoms with van der Waals surface area (Å²) in [5.74, 6) is 0. The summed E-state index contributed by atoms with van der Waals surface area (Å²) in [4.78, 5) is 9.13. The maximum absolute atomic E-state index is 4.56. The molecule has 0 N–H and O–H groups in total. The number of rotatable bonds is 3. The summed E-state index contributed by atoms with van der Waals surface area (Å²) in [7, 11) is 0. The topological polar surface area (TPSA) is 25.8 Å². The highest BCUT2D eigenvalue weighted by molar-refractivity contribution is 9.11. The van der Waals surface area contributed by atoms with Crippen LogP contribution in [0.1, 0.15) is 0 Å². The third kappa shape index (κ3) is 3.22. The molecule has 0 saturated carbocycles. The summed E-state index contributed by atoms with van der Waals surface area (Å²) in [5, 5.41) is 0. The molecule has 0 aliphatic rings. The van der Waals surface area contributed by atoms with Gasteiger partial charge in [-0.2, -0.15) is 0 Å². The molecule has 0 saturated heterocycles. The van der Waals surface area contributed by atoms with E-state index in [1.54, 1.807) is 0 Å². The van der Waals surface area contributed by atoms with Crippen LogP contribution in [0.4, 0.5) is 0 Å². The minimum absolute atomic E-state index is 0.932. The van der Waals surface area contributed by atoms with E-state index >= 15 is 0 Å². The van der Waals surface area contributed by atoms with Gasteiger partial charge in [0.2, 0.25) is 0 Å². The summed E-state index contributed by atoms with van der Waals surface area (Å²) in [6.07, 6.45) is 3.64. The normalized spacial score (nSPS) is 10.7. The van der Waals surface area contributed by atoms with Gasteiger partial charge in [0.05, 0.1) is 11.4 Å². The van der Waals surface area contributed by atoms with Crippen molar-refractivity contribution in [2.24, 2.45) is 0 Å². The van der Waals surface area contributed by atoms with Gasteiger partial charge in [-0.15, -0.1) is 0 Å².